The zero-order chi connectivity index (χ0) is 5.41. The van der Waals surface area contributed by atoms with E-state index in [1.807, 2.05) is 0 Å². The molecule has 5 heteroatoms. The quantitative estimate of drug-likeness (QED) is 0.286. The molecule has 0 aromatic heterocycles. The summed E-state index contributed by atoms with van der Waals surface area (Å²) < 4.78 is 0. The molecule has 0 spiro atoms. The molecule has 0 bridgehead atoms. The predicted molar refractivity (Wildman–Crippen MR) is 37.7 cm³/mol. The fourth-order valence-electron chi connectivity index (χ4n) is 0. The molecule has 0 heterocycles. The molecular weight excluding hydrogens is 140 g/mol. The Labute approximate surface area is 68.5 Å². The standard InChI is InChI=1S/2CNS.Mg/c2*2-1-3;/q2*-1;+2. The first-order valence-corrected chi connectivity index (χ1v) is 1.67. The van der Waals surface area contributed by atoms with E-state index in [9.17, 15) is 0 Å². The van der Waals surface area contributed by atoms with Crippen molar-refractivity contribution in [2.45, 2.75) is 0 Å². The molecule has 0 aromatic rings. The maximum absolute atomic E-state index is 7.13. The van der Waals surface area contributed by atoms with Crippen molar-refractivity contribution in [3.63, 3.8) is 0 Å². The van der Waals surface area contributed by atoms with Crippen LogP contribution in [0, 0.1) is 0 Å². The Hall–Kier alpha value is 0.366. The first-order chi connectivity index (χ1) is 2.83. The van der Waals surface area contributed by atoms with Gasteiger partial charge in [-0.2, -0.15) is 10.3 Å². The molecule has 0 saturated heterocycles. The van der Waals surface area contributed by atoms with Gasteiger partial charge in [0, 0.05) is 0 Å². The van der Waals surface area contributed by atoms with Crippen LogP contribution < -0.4 is 0 Å². The van der Waals surface area contributed by atoms with Gasteiger partial charge >= 0.3 is 23.1 Å². The fraction of sp³-hybridized carbons (Fsp3) is 0. The molecule has 0 aliphatic rings. The van der Waals surface area contributed by atoms with Crippen LogP contribution in [-0.4, -0.2) is 33.4 Å². The van der Waals surface area contributed by atoms with Crippen LogP contribution in [0.15, 0.2) is 0 Å². The summed E-state index contributed by atoms with van der Waals surface area (Å²) in [5, 5.41) is 16.9. The average molecular weight is 140 g/mol. The van der Waals surface area contributed by atoms with Gasteiger partial charge in [0.2, 0.25) is 0 Å². The second kappa shape index (κ2) is 32.7. The van der Waals surface area contributed by atoms with Crippen molar-refractivity contribution in [1.82, 2.24) is 0 Å². The smallest absolute Gasteiger partial charge is 0.753 e. The Kier molecular flexibility index (Phi) is 73.2. The minimum atomic E-state index is 0. The molecular formula is C2MgN2S2. The Morgan fingerprint density at radius 1 is 1.00 bits per heavy atom. The molecule has 0 aromatic carbocycles. The summed E-state index contributed by atoms with van der Waals surface area (Å²) in [4.78, 5) is 0. The first kappa shape index (κ1) is 15.7. The number of nitrogens with zero attached hydrogens (tertiary/aromatic N) is 2. The van der Waals surface area contributed by atoms with Gasteiger partial charge in [0.05, 0.1) is 0 Å². The largest absolute Gasteiger partial charge is 2.00 e. The van der Waals surface area contributed by atoms with Crippen molar-refractivity contribution in [3.8, 4) is 0 Å². The van der Waals surface area contributed by atoms with Crippen molar-refractivity contribution < 1.29 is 0 Å². The van der Waals surface area contributed by atoms with Crippen molar-refractivity contribution in [1.29, 1.82) is 0 Å². The van der Waals surface area contributed by atoms with Gasteiger partial charge in [-0.05, 0) is 0 Å². The van der Waals surface area contributed by atoms with E-state index in [0.717, 1.165) is 0 Å². The van der Waals surface area contributed by atoms with E-state index in [1.165, 1.54) is 10.3 Å². The number of thiocarbonyl (C=S) groups is 2. The van der Waals surface area contributed by atoms with Crippen molar-refractivity contribution in [2.24, 2.45) is 0 Å². The summed E-state index contributed by atoms with van der Waals surface area (Å²) in [5.41, 5.74) is 0. The van der Waals surface area contributed by atoms with Crippen LogP contribution in [0.2, 0.25) is 0 Å². The molecule has 0 aliphatic heterocycles. The second-order valence-electron chi connectivity index (χ2n) is 0.183. The Morgan fingerprint density at radius 2 is 1.00 bits per heavy atom. The van der Waals surface area contributed by atoms with Crippen molar-refractivity contribution in [2.75, 3.05) is 0 Å². The molecule has 2 nitrogen and oxygen atoms in total. The average Bonchev–Trinajstić information content (AvgIpc) is 1.39. The Bertz CT molecular complexity index is 67.7. The summed E-state index contributed by atoms with van der Waals surface area (Å²) in [7, 11) is 0. The number of isothiocyanates is 2. The zero-order valence-electron chi connectivity index (χ0n) is 3.42. The number of rotatable bonds is 0. The molecule has 0 fully saturated rings. The normalized spacial score (nSPS) is 2.29. The zero-order valence-corrected chi connectivity index (χ0v) is 6.47. The maximum Gasteiger partial charge on any atom is 2.00 e. The number of hydrogen-bond donors (Lipinski definition) is 0. The van der Waals surface area contributed by atoms with Crippen LogP contribution in [-0.2, 0) is 0 Å². The van der Waals surface area contributed by atoms with Gasteiger partial charge in [-0.15, -0.1) is 0 Å². The summed E-state index contributed by atoms with van der Waals surface area (Å²) >= 11 is 7.40. The predicted octanol–water partition coefficient (Wildman–Crippen LogP) is 0.936. The van der Waals surface area contributed by atoms with Crippen LogP contribution in [0.3, 0.4) is 0 Å². The minimum Gasteiger partial charge on any atom is -0.753 e. The fourth-order valence-corrected chi connectivity index (χ4v) is 0. The van der Waals surface area contributed by atoms with Gasteiger partial charge in [-0.1, -0.05) is 24.4 Å². The van der Waals surface area contributed by atoms with E-state index in [1.54, 1.807) is 0 Å². The van der Waals surface area contributed by atoms with Crippen LogP contribution in [0.25, 0.3) is 10.8 Å². The SMILES string of the molecule is [Mg+2].[N-]=C=S.[N-]=C=S. The third-order valence-electron chi connectivity index (χ3n) is 0. The molecule has 0 rings (SSSR count). The van der Waals surface area contributed by atoms with Crippen molar-refractivity contribution >= 4 is 57.8 Å². The summed E-state index contributed by atoms with van der Waals surface area (Å²) in [6, 6.07) is 0. The van der Waals surface area contributed by atoms with Crippen molar-refractivity contribution in [3.05, 3.63) is 10.8 Å². The minimum absolute atomic E-state index is 0. The van der Waals surface area contributed by atoms with E-state index in [-0.39, 0.29) is 23.1 Å². The molecule has 0 atom stereocenters. The Balaban J connectivity index is -0.0000000400. The molecule has 0 radical (unpaired) electrons. The van der Waals surface area contributed by atoms with Gasteiger partial charge in [0.15, 0.2) is 0 Å². The van der Waals surface area contributed by atoms with Gasteiger partial charge in [-0.3, -0.25) is 0 Å². The molecule has 7 heavy (non-hydrogen) atoms. The van der Waals surface area contributed by atoms with E-state index in [2.05, 4.69) is 24.4 Å². The van der Waals surface area contributed by atoms with Crippen LogP contribution >= 0.6 is 24.4 Å². The topological polar surface area (TPSA) is 44.6 Å². The number of hydrogen-bond acceptors (Lipinski definition) is 2. The third kappa shape index (κ3) is 905. The van der Waals surface area contributed by atoms with Gasteiger partial charge in [0.25, 0.3) is 0 Å². The summed E-state index contributed by atoms with van der Waals surface area (Å²) in [5.74, 6) is 0. The van der Waals surface area contributed by atoms with Gasteiger partial charge < -0.3 is 10.8 Å². The molecule has 0 aliphatic carbocycles. The van der Waals surface area contributed by atoms with E-state index < -0.39 is 0 Å². The van der Waals surface area contributed by atoms with E-state index in [0.29, 0.717) is 0 Å². The maximum atomic E-state index is 7.13. The van der Waals surface area contributed by atoms with Crippen LogP contribution in [0.4, 0.5) is 0 Å². The summed E-state index contributed by atoms with van der Waals surface area (Å²) in [6.45, 7) is 0. The van der Waals surface area contributed by atoms with Crippen LogP contribution in [0.1, 0.15) is 0 Å². The van der Waals surface area contributed by atoms with E-state index in [4.69, 9.17) is 10.8 Å². The summed E-state index contributed by atoms with van der Waals surface area (Å²) in [6.07, 6.45) is 0. The molecule has 0 N–H and O–H groups in total. The monoisotopic (exact) mass is 140 g/mol. The molecule has 0 amide bonds. The van der Waals surface area contributed by atoms with Gasteiger partial charge in [-0.25, -0.2) is 0 Å². The Morgan fingerprint density at radius 3 is 1.00 bits per heavy atom. The second-order valence-corrected chi connectivity index (χ2v) is 0.548. The molecule has 32 valence electrons. The molecule has 0 saturated carbocycles. The van der Waals surface area contributed by atoms with Gasteiger partial charge in [0.1, 0.15) is 0 Å². The van der Waals surface area contributed by atoms with Crippen LogP contribution in [0.5, 0.6) is 0 Å². The first-order valence-electron chi connectivity index (χ1n) is 0.855. The molecule has 0 unspecified atom stereocenters. The third-order valence-corrected chi connectivity index (χ3v) is 0. The van der Waals surface area contributed by atoms with E-state index >= 15 is 0 Å².